The van der Waals surface area contributed by atoms with Crippen LogP contribution in [0.3, 0.4) is 0 Å². The fourth-order valence-electron chi connectivity index (χ4n) is 1.88. The molecule has 0 spiro atoms. The molecule has 0 atom stereocenters. The Morgan fingerprint density at radius 3 is 2.75 bits per heavy atom. The van der Waals surface area contributed by atoms with E-state index in [0.29, 0.717) is 16.5 Å². The van der Waals surface area contributed by atoms with Crippen LogP contribution in [0.25, 0.3) is 5.65 Å². The number of nitrogens with zero attached hydrogens (tertiary/aromatic N) is 4. The summed E-state index contributed by atoms with van der Waals surface area (Å²) in [6, 6.07) is 11.2. The third-order valence-electron chi connectivity index (χ3n) is 2.83. The first-order valence-electron chi connectivity index (χ1n) is 5.95. The zero-order valence-electron chi connectivity index (χ0n) is 10.6. The maximum atomic E-state index is 6.06. The molecule has 0 fully saturated rings. The van der Waals surface area contributed by atoms with Gasteiger partial charge in [-0.1, -0.05) is 23.7 Å². The molecule has 0 N–H and O–H groups in total. The molecule has 3 aromatic rings. The highest BCUT2D eigenvalue weighted by molar-refractivity contribution is 9.10. The van der Waals surface area contributed by atoms with E-state index in [1.807, 2.05) is 47.9 Å². The molecule has 0 aliphatic heterocycles. The first kappa shape index (κ1) is 13.3. The second-order valence-corrected chi connectivity index (χ2v) is 5.57. The molecule has 100 valence electrons. The van der Waals surface area contributed by atoms with Crippen molar-refractivity contribution in [3.8, 4) is 0 Å². The second kappa shape index (κ2) is 5.34. The highest BCUT2D eigenvalue weighted by Gasteiger charge is 2.08. The Hall–Kier alpha value is -1.72. The SMILES string of the molecule is Cc1nc2ccc(Br)cn2c1N=Nc1ccccc1Cl. The summed E-state index contributed by atoms with van der Waals surface area (Å²) in [6.07, 6.45) is 1.91. The van der Waals surface area contributed by atoms with Gasteiger partial charge in [-0.05, 0) is 47.1 Å². The monoisotopic (exact) mass is 348 g/mol. The standard InChI is InChI=1S/C14H10BrClN4/c1-9-14(19-18-12-5-3-2-4-11(12)16)20-8-10(15)6-7-13(20)17-9/h2-8H,1H3. The van der Waals surface area contributed by atoms with Crippen LogP contribution in [0.2, 0.25) is 5.02 Å². The highest BCUT2D eigenvalue weighted by Crippen LogP contribution is 2.28. The van der Waals surface area contributed by atoms with Crippen LogP contribution in [0.5, 0.6) is 0 Å². The van der Waals surface area contributed by atoms with Crippen LogP contribution in [0.4, 0.5) is 11.5 Å². The molecule has 0 bridgehead atoms. The number of azo groups is 1. The number of aryl methyl sites for hydroxylation is 1. The lowest BCUT2D eigenvalue weighted by atomic mass is 10.3. The quantitative estimate of drug-likeness (QED) is 0.565. The normalized spacial score (nSPS) is 11.6. The van der Waals surface area contributed by atoms with Crippen LogP contribution in [0.1, 0.15) is 5.69 Å². The van der Waals surface area contributed by atoms with E-state index in [4.69, 9.17) is 11.6 Å². The highest BCUT2D eigenvalue weighted by atomic mass is 79.9. The Labute approximate surface area is 129 Å². The van der Waals surface area contributed by atoms with Crippen LogP contribution in [-0.4, -0.2) is 9.38 Å². The molecule has 2 heterocycles. The molecule has 2 aromatic heterocycles. The Morgan fingerprint density at radius 2 is 1.95 bits per heavy atom. The molecule has 1 aromatic carbocycles. The van der Waals surface area contributed by atoms with Crippen molar-refractivity contribution in [3.05, 3.63) is 57.8 Å². The summed E-state index contributed by atoms with van der Waals surface area (Å²) in [5.41, 5.74) is 2.29. The van der Waals surface area contributed by atoms with Crippen molar-refractivity contribution >= 4 is 44.7 Å². The Balaban J connectivity index is 2.09. The van der Waals surface area contributed by atoms with Crippen LogP contribution < -0.4 is 0 Å². The number of aromatic nitrogens is 2. The number of benzene rings is 1. The number of halogens is 2. The predicted octanol–water partition coefficient (Wildman–Crippen LogP) is 5.47. The minimum atomic E-state index is 0.573. The van der Waals surface area contributed by atoms with E-state index in [9.17, 15) is 0 Å². The Kier molecular flexibility index (Phi) is 3.54. The van der Waals surface area contributed by atoms with Gasteiger partial charge in [-0.25, -0.2) is 4.98 Å². The number of hydrogen-bond donors (Lipinski definition) is 0. The lowest BCUT2D eigenvalue weighted by Crippen LogP contribution is -1.82. The zero-order valence-corrected chi connectivity index (χ0v) is 12.9. The summed E-state index contributed by atoms with van der Waals surface area (Å²) < 4.78 is 2.84. The summed E-state index contributed by atoms with van der Waals surface area (Å²) in [7, 11) is 0. The van der Waals surface area contributed by atoms with Crippen molar-refractivity contribution in [2.24, 2.45) is 10.2 Å². The van der Waals surface area contributed by atoms with Gasteiger partial charge in [0.15, 0.2) is 5.82 Å². The topological polar surface area (TPSA) is 42.0 Å². The van der Waals surface area contributed by atoms with E-state index in [1.54, 1.807) is 6.07 Å². The molecular weight excluding hydrogens is 340 g/mol. The maximum absolute atomic E-state index is 6.06. The van der Waals surface area contributed by atoms with Crippen molar-refractivity contribution in [2.75, 3.05) is 0 Å². The van der Waals surface area contributed by atoms with Crippen LogP contribution >= 0.6 is 27.5 Å². The first-order valence-corrected chi connectivity index (χ1v) is 7.13. The summed E-state index contributed by atoms with van der Waals surface area (Å²) in [4.78, 5) is 4.44. The summed E-state index contributed by atoms with van der Waals surface area (Å²) in [5.74, 6) is 0.696. The summed E-state index contributed by atoms with van der Waals surface area (Å²) >= 11 is 9.51. The molecule has 3 rings (SSSR count). The Morgan fingerprint density at radius 1 is 1.15 bits per heavy atom. The molecule has 0 unspecified atom stereocenters. The Bertz CT molecular complexity index is 810. The smallest absolute Gasteiger partial charge is 0.182 e. The molecule has 0 radical (unpaired) electrons. The van der Waals surface area contributed by atoms with Crippen molar-refractivity contribution < 1.29 is 0 Å². The first-order chi connectivity index (χ1) is 9.65. The predicted molar refractivity (Wildman–Crippen MR) is 83.3 cm³/mol. The van der Waals surface area contributed by atoms with Gasteiger partial charge in [0.2, 0.25) is 0 Å². The van der Waals surface area contributed by atoms with Crippen molar-refractivity contribution in [1.29, 1.82) is 0 Å². The number of fused-ring (bicyclic) bond motifs is 1. The van der Waals surface area contributed by atoms with E-state index in [0.717, 1.165) is 15.8 Å². The van der Waals surface area contributed by atoms with E-state index in [-0.39, 0.29) is 0 Å². The van der Waals surface area contributed by atoms with Gasteiger partial charge in [-0.3, -0.25) is 4.40 Å². The van der Waals surface area contributed by atoms with Crippen molar-refractivity contribution in [1.82, 2.24) is 9.38 Å². The van der Waals surface area contributed by atoms with Gasteiger partial charge < -0.3 is 0 Å². The van der Waals surface area contributed by atoms with E-state index < -0.39 is 0 Å². The van der Waals surface area contributed by atoms with Crippen LogP contribution in [0.15, 0.2) is 57.3 Å². The molecule has 4 nitrogen and oxygen atoms in total. The van der Waals surface area contributed by atoms with Crippen LogP contribution in [-0.2, 0) is 0 Å². The molecule has 0 saturated heterocycles. The lowest BCUT2D eigenvalue weighted by molar-refractivity contribution is 1.09. The van der Waals surface area contributed by atoms with Crippen molar-refractivity contribution in [2.45, 2.75) is 6.92 Å². The van der Waals surface area contributed by atoms with Crippen LogP contribution in [0, 0.1) is 6.92 Å². The van der Waals surface area contributed by atoms with Gasteiger partial charge in [-0.2, -0.15) is 0 Å². The molecule has 0 amide bonds. The molecule has 0 saturated carbocycles. The average molecular weight is 350 g/mol. The zero-order chi connectivity index (χ0) is 14.1. The number of hydrogen-bond acceptors (Lipinski definition) is 3. The third-order valence-corrected chi connectivity index (χ3v) is 3.62. The van der Waals surface area contributed by atoms with Gasteiger partial charge in [0.05, 0.1) is 10.7 Å². The average Bonchev–Trinajstić information content (AvgIpc) is 2.73. The van der Waals surface area contributed by atoms with E-state index in [1.165, 1.54) is 0 Å². The van der Waals surface area contributed by atoms with Gasteiger partial charge in [0, 0.05) is 10.7 Å². The maximum Gasteiger partial charge on any atom is 0.182 e. The van der Waals surface area contributed by atoms with Gasteiger partial charge in [-0.15, -0.1) is 10.2 Å². The number of imidazole rings is 1. The number of pyridine rings is 1. The minimum Gasteiger partial charge on any atom is -0.282 e. The molecule has 20 heavy (non-hydrogen) atoms. The number of rotatable bonds is 2. The largest absolute Gasteiger partial charge is 0.282 e. The molecule has 0 aliphatic rings. The van der Waals surface area contributed by atoms with E-state index in [2.05, 4.69) is 31.1 Å². The third kappa shape index (κ3) is 2.46. The van der Waals surface area contributed by atoms with E-state index >= 15 is 0 Å². The van der Waals surface area contributed by atoms with Gasteiger partial charge in [0.1, 0.15) is 11.3 Å². The molecule has 6 heteroatoms. The second-order valence-electron chi connectivity index (χ2n) is 4.25. The fourth-order valence-corrected chi connectivity index (χ4v) is 2.39. The molecule has 0 aliphatic carbocycles. The minimum absolute atomic E-state index is 0.573. The molecular formula is C14H10BrClN4. The fraction of sp³-hybridized carbons (Fsp3) is 0.0714. The lowest BCUT2D eigenvalue weighted by Gasteiger charge is -1.98. The summed E-state index contributed by atoms with van der Waals surface area (Å²) in [5, 5.41) is 9.07. The van der Waals surface area contributed by atoms with Crippen molar-refractivity contribution in [3.63, 3.8) is 0 Å². The van der Waals surface area contributed by atoms with Gasteiger partial charge in [0.25, 0.3) is 0 Å². The van der Waals surface area contributed by atoms with Gasteiger partial charge >= 0.3 is 0 Å². The summed E-state index contributed by atoms with van der Waals surface area (Å²) in [6.45, 7) is 1.90.